The number of carbonyl (C=O) groups is 1. The minimum atomic E-state index is -3.80. The summed E-state index contributed by atoms with van der Waals surface area (Å²) in [5.74, 6) is -0.709. The quantitative estimate of drug-likeness (QED) is 0.278. The van der Waals surface area contributed by atoms with Gasteiger partial charge in [-0.25, -0.2) is 8.42 Å². The second kappa shape index (κ2) is 13.7. The van der Waals surface area contributed by atoms with Gasteiger partial charge in [-0.3, -0.25) is 4.79 Å². The average molecular weight is 561 g/mol. The van der Waals surface area contributed by atoms with Crippen LogP contribution in [-0.4, -0.2) is 39.6 Å². The van der Waals surface area contributed by atoms with Gasteiger partial charge in [-0.2, -0.15) is 0 Å². The molecule has 1 amide bonds. The zero-order valence-corrected chi connectivity index (χ0v) is 22.1. The molecule has 0 unspecified atom stereocenters. The van der Waals surface area contributed by atoms with Crippen LogP contribution in [0, 0.1) is 0 Å². The summed E-state index contributed by atoms with van der Waals surface area (Å²) >= 11 is 5.95. The molecule has 0 aliphatic heterocycles. The van der Waals surface area contributed by atoms with Crippen LogP contribution in [0.15, 0.2) is 76.5 Å². The number of amides is 1. The van der Waals surface area contributed by atoms with E-state index in [1.807, 2.05) is 6.07 Å². The summed E-state index contributed by atoms with van der Waals surface area (Å²) in [6, 6.07) is 17.9. The largest absolute Gasteiger partial charge is 0.387 e. The van der Waals surface area contributed by atoms with Crippen molar-refractivity contribution in [2.24, 2.45) is 5.73 Å². The first-order valence-electron chi connectivity index (χ1n) is 10.3. The number of benzene rings is 3. The highest BCUT2D eigenvalue weighted by Gasteiger charge is 2.20. The Morgan fingerprint density at radius 2 is 1.69 bits per heavy atom. The van der Waals surface area contributed by atoms with Crippen LogP contribution in [0.4, 0.5) is 5.69 Å². The average Bonchev–Trinajstić information content (AvgIpc) is 2.81. The predicted molar refractivity (Wildman–Crippen MR) is 144 cm³/mol. The molecule has 0 aromatic heterocycles. The summed E-state index contributed by atoms with van der Waals surface area (Å²) in [6.45, 7) is 0.981. The van der Waals surface area contributed by atoms with Crippen molar-refractivity contribution in [3.8, 4) is 0 Å². The molecule has 0 spiro atoms. The van der Waals surface area contributed by atoms with Crippen LogP contribution in [0.25, 0.3) is 0 Å². The number of primary amides is 1. The van der Waals surface area contributed by atoms with Crippen LogP contribution < -0.4 is 16.4 Å². The summed E-state index contributed by atoms with van der Waals surface area (Å²) in [5, 5.41) is 16.8. The molecule has 3 aromatic carbocycles. The number of halogens is 3. The normalized spacial score (nSPS) is 11.6. The Balaban J connectivity index is 0.00000306. The maximum Gasteiger partial charge on any atom is 0.250 e. The SMILES string of the molecule is CNc1ccc(S(=O)(=O)c2ccc(CCNC[C@@H](O)c3cccc(Cl)c3)cc2)cc1C(N)=O.Cl.Cl. The zero-order valence-electron chi connectivity index (χ0n) is 18.9. The fourth-order valence-electron chi connectivity index (χ4n) is 3.39. The van der Waals surface area contributed by atoms with E-state index < -0.39 is 21.8 Å². The molecule has 0 aliphatic carbocycles. The molecule has 0 aliphatic rings. The fourth-order valence-corrected chi connectivity index (χ4v) is 4.87. The minimum absolute atomic E-state index is 0. The summed E-state index contributed by atoms with van der Waals surface area (Å²) in [7, 11) is -2.18. The van der Waals surface area contributed by atoms with E-state index in [0.29, 0.717) is 30.2 Å². The maximum atomic E-state index is 13.0. The molecule has 5 N–H and O–H groups in total. The smallest absolute Gasteiger partial charge is 0.250 e. The Labute approximate surface area is 222 Å². The lowest BCUT2D eigenvalue weighted by Crippen LogP contribution is -2.23. The van der Waals surface area contributed by atoms with Gasteiger partial charge >= 0.3 is 0 Å². The van der Waals surface area contributed by atoms with Crippen molar-refractivity contribution in [3.05, 3.63) is 88.4 Å². The van der Waals surface area contributed by atoms with Gasteiger partial charge in [0.25, 0.3) is 5.91 Å². The van der Waals surface area contributed by atoms with Crippen molar-refractivity contribution in [2.45, 2.75) is 22.3 Å². The van der Waals surface area contributed by atoms with Crippen LogP contribution in [0.3, 0.4) is 0 Å². The van der Waals surface area contributed by atoms with Crippen LogP contribution in [-0.2, 0) is 16.3 Å². The Morgan fingerprint density at radius 1 is 1.03 bits per heavy atom. The first-order chi connectivity index (χ1) is 15.7. The molecule has 35 heavy (non-hydrogen) atoms. The van der Waals surface area contributed by atoms with Gasteiger partial charge in [0.1, 0.15) is 0 Å². The van der Waals surface area contributed by atoms with Crippen molar-refractivity contribution in [1.29, 1.82) is 0 Å². The minimum Gasteiger partial charge on any atom is -0.387 e. The number of carbonyl (C=O) groups excluding carboxylic acids is 1. The first kappa shape index (κ1) is 30.7. The highest BCUT2D eigenvalue weighted by molar-refractivity contribution is 7.91. The second-order valence-electron chi connectivity index (χ2n) is 7.49. The van der Waals surface area contributed by atoms with Crippen molar-refractivity contribution in [3.63, 3.8) is 0 Å². The van der Waals surface area contributed by atoms with E-state index in [4.69, 9.17) is 17.3 Å². The topological polar surface area (TPSA) is 122 Å². The Hall–Kier alpha value is -2.33. The van der Waals surface area contributed by atoms with Crippen molar-refractivity contribution in [2.75, 3.05) is 25.5 Å². The second-order valence-corrected chi connectivity index (χ2v) is 9.88. The number of rotatable bonds is 10. The van der Waals surface area contributed by atoms with Crippen molar-refractivity contribution >= 4 is 57.8 Å². The van der Waals surface area contributed by atoms with Gasteiger partial charge in [0.05, 0.1) is 21.5 Å². The van der Waals surface area contributed by atoms with E-state index in [2.05, 4.69) is 10.6 Å². The highest BCUT2D eigenvalue weighted by Crippen LogP contribution is 2.25. The van der Waals surface area contributed by atoms with E-state index in [1.54, 1.807) is 49.5 Å². The predicted octanol–water partition coefficient (Wildman–Crippen LogP) is 4.02. The Morgan fingerprint density at radius 3 is 2.29 bits per heavy atom. The third kappa shape index (κ3) is 7.83. The summed E-state index contributed by atoms with van der Waals surface area (Å²) < 4.78 is 26.0. The number of sulfone groups is 1. The van der Waals surface area contributed by atoms with Gasteiger partial charge < -0.3 is 21.5 Å². The van der Waals surface area contributed by atoms with Gasteiger partial charge in [-0.15, -0.1) is 24.8 Å². The molecule has 0 fully saturated rings. The van der Waals surface area contributed by atoms with Gasteiger partial charge in [0.2, 0.25) is 9.84 Å². The molecule has 3 rings (SSSR count). The first-order valence-corrected chi connectivity index (χ1v) is 12.2. The molecule has 0 heterocycles. The molecule has 0 saturated heterocycles. The molecule has 7 nitrogen and oxygen atoms in total. The zero-order chi connectivity index (χ0) is 24.0. The molecule has 0 radical (unpaired) electrons. The highest BCUT2D eigenvalue weighted by atomic mass is 35.5. The molecule has 1 atom stereocenters. The van der Waals surface area contributed by atoms with Crippen LogP contribution >= 0.6 is 36.4 Å². The van der Waals surface area contributed by atoms with Crippen molar-refractivity contribution < 1.29 is 18.3 Å². The molecule has 3 aromatic rings. The van der Waals surface area contributed by atoms with Gasteiger partial charge in [-0.05, 0) is 66.6 Å². The number of anilines is 1. The molecular formula is C24H28Cl3N3O4S. The number of hydrogen-bond donors (Lipinski definition) is 4. The number of nitrogens with two attached hydrogens (primary N) is 1. The van der Waals surface area contributed by atoms with E-state index >= 15 is 0 Å². The maximum absolute atomic E-state index is 13.0. The third-order valence-electron chi connectivity index (χ3n) is 5.23. The number of hydrogen-bond acceptors (Lipinski definition) is 6. The Bertz CT molecular complexity index is 1240. The molecule has 190 valence electrons. The van der Waals surface area contributed by atoms with E-state index in [9.17, 15) is 18.3 Å². The summed E-state index contributed by atoms with van der Waals surface area (Å²) in [6.07, 6.45) is -0.0125. The summed E-state index contributed by atoms with van der Waals surface area (Å²) in [5.41, 5.74) is 7.64. The van der Waals surface area contributed by atoms with Crippen LogP contribution in [0.1, 0.15) is 27.6 Å². The lowest BCUT2D eigenvalue weighted by molar-refractivity contribution is 0.100. The van der Waals surface area contributed by atoms with Gasteiger partial charge in [0.15, 0.2) is 0 Å². The van der Waals surface area contributed by atoms with Crippen LogP contribution in [0.5, 0.6) is 0 Å². The van der Waals surface area contributed by atoms with Crippen LogP contribution in [0.2, 0.25) is 5.02 Å². The molecular weight excluding hydrogens is 533 g/mol. The number of nitrogens with one attached hydrogen (secondary N) is 2. The summed E-state index contributed by atoms with van der Waals surface area (Å²) in [4.78, 5) is 11.8. The number of aliphatic hydroxyl groups is 1. The van der Waals surface area contributed by atoms with Gasteiger partial charge in [0, 0.05) is 24.3 Å². The van der Waals surface area contributed by atoms with Crippen molar-refractivity contribution in [1.82, 2.24) is 5.32 Å². The standard InChI is InChI=1S/C24H26ClN3O4S.2ClH/c1-27-22-10-9-20(14-21(22)24(26)30)33(31,32)19-7-5-16(6-8-19)11-12-28-15-23(29)17-3-2-4-18(25)13-17;;/h2-10,13-14,23,27-29H,11-12,15H2,1H3,(H2,26,30);2*1H/t23-;;/m1../s1. The van der Waals surface area contributed by atoms with E-state index in [-0.39, 0.29) is 40.2 Å². The molecule has 11 heteroatoms. The third-order valence-corrected chi connectivity index (χ3v) is 7.23. The molecule has 0 bridgehead atoms. The van der Waals surface area contributed by atoms with Gasteiger partial charge in [-0.1, -0.05) is 35.9 Å². The molecule has 0 saturated carbocycles. The lowest BCUT2D eigenvalue weighted by Gasteiger charge is -2.13. The number of aliphatic hydroxyl groups excluding tert-OH is 1. The van der Waals surface area contributed by atoms with E-state index in [0.717, 1.165) is 11.1 Å². The van der Waals surface area contributed by atoms with E-state index in [1.165, 1.54) is 18.2 Å². The lowest BCUT2D eigenvalue weighted by atomic mass is 10.1. The Kier molecular flexibility index (Phi) is 12.0. The monoisotopic (exact) mass is 559 g/mol. The fraction of sp³-hybridized carbons (Fsp3) is 0.208.